The second kappa shape index (κ2) is 7.81. The van der Waals surface area contributed by atoms with E-state index in [1.807, 2.05) is 12.1 Å². The van der Waals surface area contributed by atoms with Crippen molar-refractivity contribution in [3.63, 3.8) is 0 Å². The van der Waals surface area contributed by atoms with Gasteiger partial charge in [0.15, 0.2) is 6.54 Å². The largest absolute Gasteiger partial charge is 0.335 e. The molecular weight excluding hydrogens is 380 g/mol. The van der Waals surface area contributed by atoms with Crippen molar-refractivity contribution in [1.82, 2.24) is 14.9 Å². The van der Waals surface area contributed by atoms with Gasteiger partial charge < -0.3 is 10.2 Å². The van der Waals surface area contributed by atoms with E-state index in [-0.39, 0.29) is 18.5 Å². The molecule has 152 valence electrons. The van der Waals surface area contributed by atoms with Gasteiger partial charge >= 0.3 is 6.03 Å². The molecule has 1 saturated heterocycles. The summed E-state index contributed by atoms with van der Waals surface area (Å²) in [6.45, 7) is 2.00. The van der Waals surface area contributed by atoms with Crippen LogP contribution in [0, 0.1) is 0 Å². The number of nitrogens with one attached hydrogen (secondary N) is 3. The molecule has 1 aromatic rings. The number of quaternary nitrogens is 1. The van der Waals surface area contributed by atoms with Crippen LogP contribution in [0.4, 0.5) is 4.79 Å². The maximum absolute atomic E-state index is 13.0. The van der Waals surface area contributed by atoms with Gasteiger partial charge in [-0.15, -0.1) is 0 Å². The Morgan fingerprint density at radius 3 is 2.54 bits per heavy atom. The Morgan fingerprint density at radius 2 is 1.82 bits per heavy atom. The summed E-state index contributed by atoms with van der Waals surface area (Å²) in [5.74, 6) is -0.330. The van der Waals surface area contributed by atoms with Crippen LogP contribution in [-0.2, 0) is 27.7 Å². The van der Waals surface area contributed by atoms with E-state index in [9.17, 15) is 18.0 Å². The van der Waals surface area contributed by atoms with Gasteiger partial charge in [0.05, 0.1) is 31.1 Å². The first-order valence-electron chi connectivity index (χ1n) is 9.98. The summed E-state index contributed by atoms with van der Waals surface area (Å²) in [7, 11) is -3.51. The Balaban J connectivity index is 1.29. The highest BCUT2D eigenvalue weighted by molar-refractivity contribution is 7.89. The number of piperazine rings is 1. The summed E-state index contributed by atoms with van der Waals surface area (Å²) < 4.78 is 27.4. The fraction of sp³-hybridized carbons (Fsp3) is 0.579. The Bertz CT molecular complexity index is 874. The third kappa shape index (κ3) is 4.37. The number of amides is 3. The molecule has 0 aromatic heterocycles. The Labute approximate surface area is 165 Å². The van der Waals surface area contributed by atoms with Crippen molar-refractivity contribution in [1.29, 1.82) is 0 Å². The number of imide groups is 1. The number of sulfonamides is 1. The molecule has 3 aliphatic rings. The summed E-state index contributed by atoms with van der Waals surface area (Å²) in [5.41, 5.74) is 2.40. The summed E-state index contributed by atoms with van der Waals surface area (Å²) >= 11 is 0. The van der Waals surface area contributed by atoms with Crippen LogP contribution in [0.1, 0.15) is 30.4 Å². The Morgan fingerprint density at radius 1 is 1.11 bits per heavy atom. The molecule has 4 rings (SSSR count). The molecule has 8 nitrogen and oxygen atoms in total. The molecule has 1 heterocycles. The van der Waals surface area contributed by atoms with Gasteiger partial charge in [0, 0.05) is 6.04 Å². The predicted molar refractivity (Wildman–Crippen MR) is 102 cm³/mol. The number of fused-ring (bicyclic) bond motifs is 1. The van der Waals surface area contributed by atoms with E-state index in [2.05, 4.69) is 10.6 Å². The molecule has 9 heteroatoms. The standard InChI is InChI=1S/C19H26N4O4S/c24-18(21-19(25)20-16-5-6-16)13-22-8-10-23(11-9-22)28(26,27)17-7-4-14-2-1-3-15(14)12-17/h4,7,12,16H,1-3,5-6,8-11,13H2,(H2,20,21,24,25)/p+1. The highest BCUT2D eigenvalue weighted by Crippen LogP contribution is 2.26. The molecule has 3 amide bonds. The lowest BCUT2D eigenvalue weighted by atomic mass is 10.1. The predicted octanol–water partition coefficient (Wildman–Crippen LogP) is -0.947. The molecule has 0 unspecified atom stereocenters. The molecule has 2 aliphatic carbocycles. The van der Waals surface area contributed by atoms with Crippen LogP contribution in [0.2, 0.25) is 0 Å². The first-order chi connectivity index (χ1) is 13.4. The molecule has 3 N–H and O–H groups in total. The molecule has 1 saturated carbocycles. The van der Waals surface area contributed by atoms with Crippen molar-refractivity contribution in [3.05, 3.63) is 29.3 Å². The van der Waals surface area contributed by atoms with Crippen LogP contribution in [0.15, 0.2) is 23.1 Å². The summed E-state index contributed by atoms with van der Waals surface area (Å²) in [4.78, 5) is 25.0. The number of carbonyl (C=O) groups excluding carboxylic acids is 2. The molecule has 0 atom stereocenters. The molecule has 0 bridgehead atoms. The van der Waals surface area contributed by atoms with Crippen LogP contribution in [0.5, 0.6) is 0 Å². The van der Waals surface area contributed by atoms with E-state index in [0.717, 1.165) is 42.6 Å². The summed E-state index contributed by atoms with van der Waals surface area (Å²) in [6.07, 6.45) is 4.99. The summed E-state index contributed by atoms with van der Waals surface area (Å²) in [6, 6.07) is 5.24. The smallest absolute Gasteiger partial charge is 0.321 e. The van der Waals surface area contributed by atoms with Crippen molar-refractivity contribution in [2.75, 3.05) is 32.7 Å². The van der Waals surface area contributed by atoms with Crippen LogP contribution >= 0.6 is 0 Å². The molecular formula is C19H27N4O4S+. The zero-order chi connectivity index (χ0) is 19.7. The maximum Gasteiger partial charge on any atom is 0.321 e. The molecule has 0 spiro atoms. The van der Waals surface area contributed by atoms with Gasteiger partial charge in [-0.05, 0) is 55.4 Å². The lowest BCUT2D eigenvalue weighted by Crippen LogP contribution is -3.15. The van der Waals surface area contributed by atoms with Crippen molar-refractivity contribution in [3.8, 4) is 0 Å². The minimum atomic E-state index is -3.51. The van der Waals surface area contributed by atoms with Crippen LogP contribution in [0.3, 0.4) is 0 Å². The Hall–Kier alpha value is -1.97. The molecule has 1 aliphatic heterocycles. The number of carbonyl (C=O) groups is 2. The molecule has 0 radical (unpaired) electrons. The third-order valence-electron chi connectivity index (χ3n) is 5.71. The van der Waals surface area contributed by atoms with E-state index >= 15 is 0 Å². The quantitative estimate of drug-likeness (QED) is 0.586. The fourth-order valence-electron chi connectivity index (χ4n) is 3.92. The first kappa shape index (κ1) is 19.4. The topological polar surface area (TPSA) is 100 Å². The van der Waals surface area contributed by atoms with Crippen LogP contribution in [0.25, 0.3) is 0 Å². The lowest BCUT2D eigenvalue weighted by Gasteiger charge is -2.31. The normalized spacial score (nSPS) is 20.6. The third-order valence-corrected chi connectivity index (χ3v) is 7.61. The van der Waals surface area contributed by atoms with E-state index < -0.39 is 16.1 Å². The number of rotatable bonds is 5. The van der Waals surface area contributed by atoms with Gasteiger partial charge in [0.1, 0.15) is 0 Å². The molecule has 2 fully saturated rings. The van der Waals surface area contributed by atoms with Gasteiger partial charge in [-0.3, -0.25) is 10.1 Å². The highest BCUT2D eigenvalue weighted by Gasteiger charge is 2.32. The number of hydrogen-bond acceptors (Lipinski definition) is 4. The van der Waals surface area contributed by atoms with Crippen LogP contribution < -0.4 is 15.5 Å². The average molecular weight is 408 g/mol. The van der Waals surface area contributed by atoms with Crippen molar-refractivity contribution in [2.24, 2.45) is 0 Å². The van der Waals surface area contributed by atoms with Crippen molar-refractivity contribution in [2.45, 2.75) is 43.0 Å². The van der Waals surface area contributed by atoms with Crippen LogP contribution in [-0.4, -0.2) is 63.4 Å². The Kier molecular flexibility index (Phi) is 5.39. The SMILES string of the molecule is O=C(C[NH+]1CCN(S(=O)(=O)c2ccc3c(c2)CCC3)CC1)NC(=O)NC1CC1. The minimum absolute atomic E-state index is 0.171. The van der Waals surface area contributed by atoms with Gasteiger partial charge in [0.25, 0.3) is 5.91 Å². The van der Waals surface area contributed by atoms with E-state index in [4.69, 9.17) is 0 Å². The maximum atomic E-state index is 13.0. The first-order valence-corrected chi connectivity index (χ1v) is 11.4. The minimum Gasteiger partial charge on any atom is -0.335 e. The van der Waals surface area contributed by atoms with E-state index in [0.29, 0.717) is 31.1 Å². The van der Waals surface area contributed by atoms with Crippen molar-refractivity contribution < 1.29 is 22.9 Å². The van der Waals surface area contributed by atoms with E-state index in [1.165, 1.54) is 9.87 Å². The highest BCUT2D eigenvalue weighted by atomic mass is 32.2. The summed E-state index contributed by atoms with van der Waals surface area (Å²) in [5, 5.41) is 5.07. The number of urea groups is 1. The lowest BCUT2D eigenvalue weighted by molar-refractivity contribution is -0.895. The number of aryl methyl sites for hydroxylation is 2. The zero-order valence-corrected chi connectivity index (χ0v) is 16.7. The fourth-order valence-corrected chi connectivity index (χ4v) is 5.42. The number of benzene rings is 1. The average Bonchev–Trinajstić information content (AvgIpc) is 3.34. The van der Waals surface area contributed by atoms with Crippen molar-refractivity contribution >= 4 is 22.0 Å². The van der Waals surface area contributed by atoms with Gasteiger partial charge in [-0.25, -0.2) is 13.2 Å². The second-order valence-electron chi connectivity index (χ2n) is 7.91. The zero-order valence-electron chi connectivity index (χ0n) is 15.9. The van der Waals surface area contributed by atoms with Gasteiger partial charge in [-0.1, -0.05) is 6.07 Å². The molecule has 28 heavy (non-hydrogen) atoms. The number of hydrogen-bond donors (Lipinski definition) is 3. The molecule has 1 aromatic carbocycles. The van der Waals surface area contributed by atoms with E-state index in [1.54, 1.807) is 6.07 Å². The number of nitrogens with zero attached hydrogens (tertiary/aromatic N) is 1. The second-order valence-corrected chi connectivity index (χ2v) is 9.85. The van der Waals surface area contributed by atoms with Gasteiger partial charge in [-0.2, -0.15) is 4.31 Å². The monoisotopic (exact) mass is 407 g/mol. The van der Waals surface area contributed by atoms with Gasteiger partial charge in [0.2, 0.25) is 10.0 Å².